The fourth-order valence-corrected chi connectivity index (χ4v) is 10.2. The first-order valence-corrected chi connectivity index (χ1v) is 17.0. The molecule has 7 atom stereocenters. The van der Waals surface area contributed by atoms with Crippen molar-refractivity contribution in [3.05, 3.63) is 90.5 Å². The molecule has 0 radical (unpaired) electrons. The number of ether oxygens (including phenoxy) is 1. The van der Waals surface area contributed by atoms with Crippen molar-refractivity contribution in [3.63, 3.8) is 0 Å². The minimum absolute atomic E-state index is 0.00250. The molecular weight excluding hydrogens is 584 g/mol. The zero-order valence-corrected chi connectivity index (χ0v) is 27.5. The summed E-state index contributed by atoms with van der Waals surface area (Å²) in [6.45, 7) is 14.0. The van der Waals surface area contributed by atoms with E-state index < -0.39 is 28.7 Å². The van der Waals surface area contributed by atoms with Gasteiger partial charge in [-0.3, -0.25) is 14.4 Å². The molecule has 3 unspecified atom stereocenters. The standard InChI is InChI=1S/C37H46N2O5S/c1-6-8-9-13-19-44-36(43)31-30-21-26(5)37(45-30)32(31)34(41)39(28(23-40)22-27-14-11-10-12-15-27)33(37)35(42)38(18-7-2)29-20-24(3)16-17-25(29)4/h6-7,10-12,14-17,20,26,28,30-33,40H,1-2,8-9,13,18-19,21-23H2,3-5H3/t26?,28-,30-,31+,32+,33?,37?/m1/s1. The number of aryl methyl sites for hydroxylation is 2. The predicted octanol–water partition coefficient (Wildman–Crippen LogP) is 5.66. The maximum Gasteiger partial charge on any atom is 0.310 e. The summed E-state index contributed by atoms with van der Waals surface area (Å²) in [5.41, 5.74) is 3.70. The molecule has 3 heterocycles. The van der Waals surface area contributed by atoms with Crippen LogP contribution in [0.4, 0.5) is 5.69 Å². The van der Waals surface area contributed by atoms with Gasteiger partial charge in [-0.15, -0.1) is 24.9 Å². The van der Waals surface area contributed by atoms with Gasteiger partial charge in [-0.2, -0.15) is 0 Å². The number of carbonyl (C=O) groups is 3. The number of nitrogens with zero attached hydrogens (tertiary/aromatic N) is 2. The van der Waals surface area contributed by atoms with Gasteiger partial charge in [0.15, 0.2) is 0 Å². The summed E-state index contributed by atoms with van der Waals surface area (Å²) >= 11 is 1.63. The minimum Gasteiger partial charge on any atom is -0.465 e. The van der Waals surface area contributed by atoms with Crippen LogP contribution in [0.5, 0.6) is 0 Å². The van der Waals surface area contributed by atoms with E-state index in [1.54, 1.807) is 27.6 Å². The zero-order chi connectivity index (χ0) is 32.3. The average Bonchev–Trinajstić information content (AvgIpc) is 3.63. The second-order valence-corrected chi connectivity index (χ2v) is 14.4. The Balaban J connectivity index is 1.58. The Hall–Kier alpha value is -3.36. The van der Waals surface area contributed by atoms with Crippen molar-refractivity contribution in [2.24, 2.45) is 17.8 Å². The smallest absolute Gasteiger partial charge is 0.310 e. The van der Waals surface area contributed by atoms with Crippen LogP contribution in [0, 0.1) is 31.6 Å². The van der Waals surface area contributed by atoms with Crippen molar-refractivity contribution in [2.75, 3.05) is 24.7 Å². The number of benzene rings is 2. The maximum atomic E-state index is 15.1. The van der Waals surface area contributed by atoms with Crippen LogP contribution in [0.3, 0.4) is 0 Å². The number of unbranched alkanes of at least 4 members (excludes halogenated alkanes) is 2. The van der Waals surface area contributed by atoms with Gasteiger partial charge in [0.1, 0.15) is 6.04 Å². The molecule has 8 heteroatoms. The van der Waals surface area contributed by atoms with Gasteiger partial charge in [0.25, 0.3) is 5.91 Å². The molecular formula is C37H46N2O5S. The Labute approximate surface area is 271 Å². The van der Waals surface area contributed by atoms with Crippen LogP contribution in [-0.4, -0.2) is 69.6 Å². The number of amides is 2. The van der Waals surface area contributed by atoms with Gasteiger partial charge in [0.2, 0.25) is 5.91 Å². The molecule has 240 valence electrons. The number of fused-ring (bicyclic) bond motifs is 1. The number of hydrogen-bond donors (Lipinski definition) is 1. The number of anilines is 1. The molecule has 5 rings (SSSR count). The van der Waals surface area contributed by atoms with E-state index in [1.807, 2.05) is 68.5 Å². The third kappa shape index (κ3) is 5.99. The van der Waals surface area contributed by atoms with Crippen LogP contribution in [0.1, 0.15) is 49.3 Å². The lowest BCUT2D eigenvalue weighted by atomic mass is 9.66. The first kappa shape index (κ1) is 33.0. The van der Waals surface area contributed by atoms with Crippen molar-refractivity contribution < 1.29 is 24.2 Å². The largest absolute Gasteiger partial charge is 0.465 e. The molecule has 2 aromatic rings. The highest BCUT2D eigenvalue weighted by atomic mass is 32.2. The Morgan fingerprint density at radius 3 is 2.60 bits per heavy atom. The molecule has 2 bridgehead atoms. The Bertz CT molecular complexity index is 1430. The highest BCUT2D eigenvalue weighted by Gasteiger charge is 2.77. The number of aliphatic hydroxyl groups is 1. The number of thioether (sulfide) groups is 1. The van der Waals surface area contributed by atoms with Crippen LogP contribution in [0.15, 0.2) is 73.8 Å². The highest BCUT2D eigenvalue weighted by Crippen LogP contribution is 2.69. The van der Waals surface area contributed by atoms with E-state index in [1.165, 1.54) is 0 Å². The summed E-state index contributed by atoms with van der Waals surface area (Å²) in [7, 11) is 0. The number of aliphatic hydroxyl groups excluding tert-OH is 1. The van der Waals surface area contributed by atoms with E-state index in [2.05, 4.69) is 20.1 Å². The van der Waals surface area contributed by atoms with Gasteiger partial charge in [-0.1, -0.05) is 61.5 Å². The van der Waals surface area contributed by atoms with E-state index >= 15 is 4.79 Å². The molecule has 7 nitrogen and oxygen atoms in total. The Morgan fingerprint density at radius 2 is 1.91 bits per heavy atom. The van der Waals surface area contributed by atoms with E-state index in [4.69, 9.17) is 4.74 Å². The van der Waals surface area contributed by atoms with Crippen LogP contribution in [-0.2, 0) is 25.5 Å². The highest BCUT2D eigenvalue weighted by molar-refractivity contribution is 8.02. The van der Waals surface area contributed by atoms with Gasteiger partial charge < -0.3 is 19.6 Å². The molecule has 0 aliphatic carbocycles. The molecule has 45 heavy (non-hydrogen) atoms. The third-order valence-electron chi connectivity index (χ3n) is 9.89. The van der Waals surface area contributed by atoms with E-state index in [9.17, 15) is 14.7 Å². The number of hydrogen-bond acceptors (Lipinski definition) is 6. The number of likely N-dealkylation sites (tertiary alicyclic amines) is 1. The lowest BCUT2D eigenvalue weighted by Crippen LogP contribution is -2.59. The molecule has 3 fully saturated rings. The van der Waals surface area contributed by atoms with Gasteiger partial charge in [-0.05, 0) is 74.6 Å². The number of esters is 1. The second kappa shape index (κ2) is 14.0. The van der Waals surface area contributed by atoms with Crippen LogP contribution < -0.4 is 4.90 Å². The van der Waals surface area contributed by atoms with Crippen molar-refractivity contribution in [2.45, 2.75) is 75.0 Å². The van der Waals surface area contributed by atoms with Gasteiger partial charge in [-0.25, -0.2) is 0 Å². The summed E-state index contributed by atoms with van der Waals surface area (Å²) in [6.07, 6.45) is 7.12. The monoisotopic (exact) mass is 630 g/mol. The van der Waals surface area contributed by atoms with Crippen LogP contribution in [0.2, 0.25) is 0 Å². The first-order chi connectivity index (χ1) is 21.7. The maximum absolute atomic E-state index is 15.1. The van der Waals surface area contributed by atoms with E-state index in [0.717, 1.165) is 48.1 Å². The molecule has 3 saturated heterocycles. The van der Waals surface area contributed by atoms with Crippen LogP contribution in [0.25, 0.3) is 0 Å². The summed E-state index contributed by atoms with van der Waals surface area (Å²) in [5, 5.41) is 10.7. The summed E-state index contributed by atoms with van der Waals surface area (Å²) < 4.78 is 4.97. The van der Waals surface area contributed by atoms with E-state index in [0.29, 0.717) is 13.0 Å². The summed E-state index contributed by atoms with van der Waals surface area (Å²) in [5.74, 6) is -2.14. The number of rotatable bonds is 14. The topological polar surface area (TPSA) is 87.1 Å². The van der Waals surface area contributed by atoms with Gasteiger partial charge in [0.05, 0.1) is 35.8 Å². The first-order valence-electron chi connectivity index (χ1n) is 16.1. The summed E-state index contributed by atoms with van der Waals surface area (Å²) in [4.78, 5) is 47.0. The van der Waals surface area contributed by atoms with Crippen molar-refractivity contribution in [1.29, 1.82) is 0 Å². The quantitative estimate of drug-likeness (QED) is 0.165. The summed E-state index contributed by atoms with van der Waals surface area (Å²) in [6, 6.07) is 14.2. The van der Waals surface area contributed by atoms with Crippen LogP contribution >= 0.6 is 11.8 Å². The molecule has 2 amide bonds. The molecule has 0 aromatic heterocycles. The minimum atomic E-state index is -0.869. The molecule has 2 aromatic carbocycles. The number of allylic oxidation sites excluding steroid dienone is 1. The van der Waals surface area contributed by atoms with Crippen molar-refractivity contribution in [1.82, 2.24) is 4.90 Å². The Morgan fingerprint density at radius 1 is 1.16 bits per heavy atom. The fourth-order valence-electron chi connectivity index (χ4n) is 7.79. The molecule has 1 spiro atoms. The lowest BCUT2D eigenvalue weighted by molar-refractivity contribution is -0.155. The fraction of sp³-hybridized carbons (Fsp3) is 0.486. The predicted molar refractivity (Wildman–Crippen MR) is 180 cm³/mol. The SMILES string of the molecule is C=CCCCCOC(=O)[C@@H]1[C@H]2C(=O)N([C@@H](CO)Cc3ccccc3)C(C(=O)N(CC=C)c3cc(C)ccc3C)C23S[C@@H]1CC3C. The normalized spacial score (nSPS) is 27.2. The second-order valence-electron chi connectivity index (χ2n) is 12.8. The Kier molecular flexibility index (Phi) is 10.2. The molecule has 3 aliphatic rings. The van der Waals surface area contributed by atoms with Crippen molar-refractivity contribution in [3.8, 4) is 0 Å². The number of carbonyl (C=O) groups excluding carboxylic acids is 3. The molecule has 0 saturated carbocycles. The molecule has 3 aliphatic heterocycles. The molecule has 1 N–H and O–H groups in total. The van der Waals surface area contributed by atoms with E-state index in [-0.39, 0.29) is 42.1 Å². The average molecular weight is 631 g/mol. The van der Waals surface area contributed by atoms with Gasteiger partial charge in [0, 0.05) is 17.5 Å². The third-order valence-corrected chi connectivity index (χ3v) is 12.0. The van der Waals surface area contributed by atoms with Crippen molar-refractivity contribution >= 4 is 35.2 Å². The zero-order valence-electron chi connectivity index (χ0n) is 26.7. The lowest BCUT2D eigenvalue weighted by Gasteiger charge is -2.42. The van der Waals surface area contributed by atoms with Gasteiger partial charge >= 0.3 is 5.97 Å².